The van der Waals surface area contributed by atoms with Gasteiger partial charge in [0.2, 0.25) is 0 Å². The van der Waals surface area contributed by atoms with E-state index in [0.29, 0.717) is 6.54 Å². The number of H-pyrrole nitrogens is 1. The molecule has 0 fully saturated rings. The number of aromatic amines is 1. The third-order valence-electron chi connectivity index (χ3n) is 4.35. The van der Waals surface area contributed by atoms with Gasteiger partial charge in [-0.3, -0.25) is 9.59 Å². The molecule has 1 atom stereocenters. The molecular formula is C19H20N2O2. The van der Waals surface area contributed by atoms with Crippen LogP contribution in [0.4, 0.5) is 0 Å². The van der Waals surface area contributed by atoms with Gasteiger partial charge in [-0.25, -0.2) is 0 Å². The summed E-state index contributed by atoms with van der Waals surface area (Å²) in [5.74, 6) is -0.243. The van der Waals surface area contributed by atoms with E-state index in [1.165, 1.54) is 11.1 Å². The lowest BCUT2D eigenvalue weighted by Crippen LogP contribution is -2.37. The number of nitrogens with one attached hydrogen (secondary N) is 1. The Morgan fingerprint density at radius 2 is 2.13 bits per heavy atom. The molecule has 1 heterocycles. The van der Waals surface area contributed by atoms with Crippen LogP contribution in [0.5, 0.6) is 0 Å². The third kappa shape index (κ3) is 2.84. The maximum Gasteiger partial charge on any atom is 0.260 e. The molecule has 0 saturated heterocycles. The van der Waals surface area contributed by atoms with Crippen LogP contribution in [0.25, 0.3) is 0 Å². The summed E-state index contributed by atoms with van der Waals surface area (Å²) in [7, 11) is 0. The standard InChI is InChI=1S/C19H20N2O2/c1-3-12-21(17-11-9-14-6-4-5-7-15(14)17)19(23)16-10-8-13(2)20-18(16)22/h3-8,10,17H,1,9,11-12H2,2H3,(H,20,22)/t17-/m1/s1. The molecular weight excluding hydrogens is 288 g/mol. The average Bonchev–Trinajstić information content (AvgIpc) is 2.96. The Labute approximate surface area is 135 Å². The number of hydrogen-bond acceptors (Lipinski definition) is 2. The van der Waals surface area contributed by atoms with Gasteiger partial charge in [0, 0.05) is 12.2 Å². The zero-order valence-corrected chi connectivity index (χ0v) is 13.2. The lowest BCUT2D eigenvalue weighted by atomic mass is 10.1. The van der Waals surface area contributed by atoms with Crippen molar-refractivity contribution in [1.82, 2.24) is 9.88 Å². The van der Waals surface area contributed by atoms with Gasteiger partial charge in [0.15, 0.2) is 0 Å². The maximum absolute atomic E-state index is 12.9. The second kappa shape index (κ2) is 6.24. The smallest absolute Gasteiger partial charge is 0.260 e. The first-order valence-electron chi connectivity index (χ1n) is 7.81. The lowest BCUT2D eigenvalue weighted by Gasteiger charge is -2.28. The normalized spacial score (nSPS) is 16.0. The monoisotopic (exact) mass is 308 g/mol. The van der Waals surface area contributed by atoms with Gasteiger partial charge in [0.25, 0.3) is 11.5 Å². The van der Waals surface area contributed by atoms with E-state index in [9.17, 15) is 9.59 Å². The minimum absolute atomic E-state index is 0.00240. The topological polar surface area (TPSA) is 53.2 Å². The Hall–Kier alpha value is -2.62. The van der Waals surface area contributed by atoms with Gasteiger partial charge in [0.05, 0.1) is 6.04 Å². The molecule has 4 nitrogen and oxygen atoms in total. The predicted octanol–water partition coefficient (Wildman–Crippen LogP) is 3.00. The van der Waals surface area contributed by atoms with Crippen molar-refractivity contribution < 1.29 is 4.79 Å². The molecule has 1 N–H and O–H groups in total. The van der Waals surface area contributed by atoms with Crippen molar-refractivity contribution in [2.45, 2.75) is 25.8 Å². The number of carbonyl (C=O) groups excluding carboxylic acids is 1. The second-order valence-electron chi connectivity index (χ2n) is 5.88. The van der Waals surface area contributed by atoms with Gasteiger partial charge < -0.3 is 9.88 Å². The Morgan fingerprint density at radius 3 is 2.87 bits per heavy atom. The van der Waals surface area contributed by atoms with Crippen molar-refractivity contribution in [1.29, 1.82) is 0 Å². The summed E-state index contributed by atoms with van der Waals surface area (Å²) in [6.45, 7) is 5.98. The van der Waals surface area contributed by atoms with Crippen molar-refractivity contribution in [3.05, 3.63) is 81.8 Å². The van der Waals surface area contributed by atoms with Crippen LogP contribution in [-0.4, -0.2) is 22.3 Å². The van der Waals surface area contributed by atoms with Gasteiger partial charge in [-0.1, -0.05) is 30.3 Å². The van der Waals surface area contributed by atoms with Gasteiger partial charge in [-0.2, -0.15) is 0 Å². The quantitative estimate of drug-likeness (QED) is 0.883. The molecule has 1 aliphatic rings. The van der Waals surface area contributed by atoms with E-state index in [-0.39, 0.29) is 23.1 Å². The Bertz CT molecular complexity index is 807. The molecule has 0 saturated carbocycles. The third-order valence-corrected chi connectivity index (χ3v) is 4.35. The molecule has 0 aliphatic heterocycles. The number of fused-ring (bicyclic) bond motifs is 1. The molecule has 4 heteroatoms. The fourth-order valence-electron chi connectivity index (χ4n) is 3.24. The van der Waals surface area contributed by atoms with Crippen LogP contribution in [-0.2, 0) is 6.42 Å². The van der Waals surface area contributed by atoms with E-state index in [2.05, 4.69) is 23.7 Å². The second-order valence-corrected chi connectivity index (χ2v) is 5.88. The van der Waals surface area contributed by atoms with Gasteiger partial charge in [-0.05, 0) is 43.0 Å². The summed E-state index contributed by atoms with van der Waals surface area (Å²) in [6, 6.07) is 11.5. The van der Waals surface area contributed by atoms with Crippen LogP contribution in [0.2, 0.25) is 0 Å². The number of carbonyl (C=O) groups is 1. The van der Waals surface area contributed by atoms with Crippen molar-refractivity contribution in [2.24, 2.45) is 0 Å². The van der Waals surface area contributed by atoms with Gasteiger partial charge in [0.1, 0.15) is 5.56 Å². The highest BCUT2D eigenvalue weighted by atomic mass is 16.2. The Balaban J connectivity index is 1.98. The van der Waals surface area contributed by atoms with Crippen LogP contribution in [0.3, 0.4) is 0 Å². The first-order chi connectivity index (χ1) is 11.1. The van der Waals surface area contributed by atoms with E-state index < -0.39 is 0 Å². The highest BCUT2D eigenvalue weighted by Gasteiger charge is 2.31. The molecule has 1 aromatic carbocycles. The molecule has 1 aliphatic carbocycles. The number of pyridine rings is 1. The van der Waals surface area contributed by atoms with Crippen LogP contribution in [0.1, 0.15) is 39.6 Å². The molecule has 0 radical (unpaired) electrons. The number of benzene rings is 1. The van der Waals surface area contributed by atoms with E-state index >= 15 is 0 Å². The molecule has 1 amide bonds. The highest BCUT2D eigenvalue weighted by molar-refractivity contribution is 5.94. The van der Waals surface area contributed by atoms with Crippen molar-refractivity contribution in [3.63, 3.8) is 0 Å². The molecule has 3 rings (SSSR count). The van der Waals surface area contributed by atoms with E-state index in [0.717, 1.165) is 18.5 Å². The number of aryl methyl sites for hydroxylation is 2. The fraction of sp³-hybridized carbons (Fsp3) is 0.263. The summed E-state index contributed by atoms with van der Waals surface area (Å²) < 4.78 is 0. The maximum atomic E-state index is 12.9. The predicted molar refractivity (Wildman–Crippen MR) is 90.5 cm³/mol. The van der Waals surface area contributed by atoms with Crippen molar-refractivity contribution in [3.8, 4) is 0 Å². The lowest BCUT2D eigenvalue weighted by molar-refractivity contribution is 0.0699. The zero-order valence-electron chi connectivity index (χ0n) is 13.2. The first kappa shape index (κ1) is 15.3. The number of amides is 1. The average molecular weight is 308 g/mol. The summed E-state index contributed by atoms with van der Waals surface area (Å²) in [5.41, 5.74) is 3.04. The molecule has 0 spiro atoms. The highest BCUT2D eigenvalue weighted by Crippen LogP contribution is 2.36. The van der Waals surface area contributed by atoms with Gasteiger partial charge >= 0.3 is 0 Å². The summed E-state index contributed by atoms with van der Waals surface area (Å²) in [6.07, 6.45) is 3.54. The molecule has 23 heavy (non-hydrogen) atoms. The summed E-state index contributed by atoms with van der Waals surface area (Å²) in [4.78, 5) is 29.5. The molecule has 118 valence electrons. The molecule has 1 aromatic heterocycles. The van der Waals surface area contributed by atoms with Crippen molar-refractivity contribution >= 4 is 5.91 Å². The Kier molecular flexibility index (Phi) is 4.15. The number of hydrogen-bond donors (Lipinski definition) is 1. The largest absolute Gasteiger partial charge is 0.328 e. The molecule has 0 unspecified atom stereocenters. The minimum atomic E-state index is -0.338. The Morgan fingerprint density at radius 1 is 1.35 bits per heavy atom. The van der Waals surface area contributed by atoms with Crippen LogP contribution in [0.15, 0.2) is 53.8 Å². The number of nitrogens with zero attached hydrogens (tertiary/aromatic N) is 1. The van der Waals surface area contributed by atoms with Crippen LogP contribution in [0, 0.1) is 6.92 Å². The van der Waals surface area contributed by atoms with Crippen LogP contribution < -0.4 is 5.56 Å². The minimum Gasteiger partial charge on any atom is -0.328 e. The zero-order chi connectivity index (χ0) is 16.4. The van der Waals surface area contributed by atoms with Crippen molar-refractivity contribution in [2.75, 3.05) is 6.54 Å². The fourth-order valence-corrected chi connectivity index (χ4v) is 3.24. The first-order valence-corrected chi connectivity index (χ1v) is 7.81. The summed E-state index contributed by atoms with van der Waals surface area (Å²) >= 11 is 0. The van der Waals surface area contributed by atoms with Gasteiger partial charge in [-0.15, -0.1) is 6.58 Å². The van der Waals surface area contributed by atoms with E-state index in [1.807, 2.05) is 12.1 Å². The number of aromatic nitrogens is 1. The van der Waals surface area contributed by atoms with E-state index in [4.69, 9.17) is 0 Å². The molecule has 0 bridgehead atoms. The summed E-state index contributed by atoms with van der Waals surface area (Å²) in [5, 5.41) is 0. The number of rotatable bonds is 4. The van der Waals surface area contributed by atoms with E-state index in [1.54, 1.807) is 30.0 Å². The SMILES string of the molecule is C=CCN(C(=O)c1ccc(C)[nH]c1=O)[C@@H]1CCc2ccccc21. The molecule has 2 aromatic rings. The van der Waals surface area contributed by atoms with Crippen LogP contribution >= 0.6 is 0 Å².